The minimum Gasteiger partial charge on any atom is -0.478 e. The SMILES string of the molecule is Cl.Cn1cnc2cc(C(=O)O)cnc21.O.O. The van der Waals surface area contributed by atoms with Crippen molar-refractivity contribution in [3.63, 3.8) is 0 Å². The van der Waals surface area contributed by atoms with Crippen LogP contribution >= 0.6 is 12.4 Å². The number of pyridine rings is 1. The van der Waals surface area contributed by atoms with Crippen molar-refractivity contribution in [1.82, 2.24) is 14.5 Å². The average molecular weight is 250 g/mol. The molecule has 16 heavy (non-hydrogen) atoms. The lowest BCUT2D eigenvalue weighted by molar-refractivity contribution is 0.0696. The highest BCUT2D eigenvalue weighted by atomic mass is 35.5. The lowest BCUT2D eigenvalue weighted by Gasteiger charge is -1.94. The molecular weight excluding hydrogens is 238 g/mol. The minimum atomic E-state index is -0.986. The first kappa shape index (κ1) is 16.7. The van der Waals surface area contributed by atoms with Gasteiger partial charge in [-0.1, -0.05) is 0 Å². The molecule has 0 saturated carbocycles. The van der Waals surface area contributed by atoms with Gasteiger partial charge in [0.15, 0.2) is 5.65 Å². The fraction of sp³-hybridized carbons (Fsp3) is 0.125. The van der Waals surface area contributed by atoms with Crippen LogP contribution in [0.2, 0.25) is 0 Å². The third-order valence-corrected chi connectivity index (χ3v) is 1.80. The first-order valence-corrected chi connectivity index (χ1v) is 3.69. The van der Waals surface area contributed by atoms with Gasteiger partial charge in [-0.25, -0.2) is 14.8 Å². The molecule has 0 spiro atoms. The van der Waals surface area contributed by atoms with Gasteiger partial charge in [-0.05, 0) is 6.07 Å². The summed E-state index contributed by atoms with van der Waals surface area (Å²) in [7, 11) is 1.81. The molecule has 7 nitrogen and oxygen atoms in total. The van der Waals surface area contributed by atoms with Crippen molar-refractivity contribution in [2.75, 3.05) is 0 Å². The number of halogens is 1. The van der Waals surface area contributed by atoms with E-state index in [0.29, 0.717) is 11.2 Å². The van der Waals surface area contributed by atoms with E-state index in [2.05, 4.69) is 9.97 Å². The van der Waals surface area contributed by atoms with Crippen LogP contribution in [0.4, 0.5) is 0 Å². The first-order chi connectivity index (χ1) is 6.18. The van der Waals surface area contributed by atoms with Crippen molar-refractivity contribution < 1.29 is 20.9 Å². The van der Waals surface area contributed by atoms with Crippen LogP contribution in [0.25, 0.3) is 11.2 Å². The maximum Gasteiger partial charge on any atom is 0.337 e. The molecule has 0 bridgehead atoms. The summed E-state index contributed by atoms with van der Waals surface area (Å²) in [5.41, 5.74) is 1.44. The third-order valence-electron chi connectivity index (χ3n) is 1.80. The zero-order valence-electron chi connectivity index (χ0n) is 8.34. The summed E-state index contributed by atoms with van der Waals surface area (Å²) in [6.45, 7) is 0. The Morgan fingerprint density at radius 3 is 2.56 bits per heavy atom. The second-order valence-electron chi connectivity index (χ2n) is 2.73. The summed E-state index contributed by atoms with van der Waals surface area (Å²) in [6, 6.07) is 1.50. The molecule has 0 aromatic carbocycles. The van der Waals surface area contributed by atoms with Crippen LogP contribution in [0, 0.1) is 0 Å². The molecule has 0 unspecified atom stereocenters. The van der Waals surface area contributed by atoms with Gasteiger partial charge in [-0.15, -0.1) is 12.4 Å². The summed E-state index contributed by atoms with van der Waals surface area (Å²) >= 11 is 0. The molecule has 0 aliphatic heterocycles. The molecule has 5 N–H and O–H groups in total. The summed E-state index contributed by atoms with van der Waals surface area (Å²) in [5.74, 6) is -0.986. The molecular formula is C8H12ClN3O4. The van der Waals surface area contributed by atoms with Gasteiger partial charge < -0.3 is 20.6 Å². The predicted molar refractivity (Wildman–Crippen MR) is 59.9 cm³/mol. The second-order valence-corrected chi connectivity index (χ2v) is 2.73. The number of aromatic carboxylic acids is 1. The summed E-state index contributed by atoms with van der Waals surface area (Å²) < 4.78 is 1.74. The Labute approximate surface area is 96.8 Å². The number of aryl methyl sites for hydroxylation is 1. The molecule has 0 atom stereocenters. The van der Waals surface area contributed by atoms with Gasteiger partial charge in [-0.2, -0.15) is 0 Å². The van der Waals surface area contributed by atoms with E-state index >= 15 is 0 Å². The fourth-order valence-electron chi connectivity index (χ4n) is 1.13. The van der Waals surface area contributed by atoms with E-state index in [1.54, 1.807) is 10.9 Å². The molecule has 90 valence electrons. The Bertz CT molecular complexity index is 485. The van der Waals surface area contributed by atoms with E-state index in [9.17, 15) is 4.79 Å². The molecule has 8 heteroatoms. The Kier molecular flexibility index (Phi) is 6.28. The Morgan fingerprint density at radius 1 is 1.38 bits per heavy atom. The van der Waals surface area contributed by atoms with Gasteiger partial charge >= 0.3 is 5.97 Å². The van der Waals surface area contributed by atoms with Gasteiger partial charge in [0.25, 0.3) is 0 Å². The lowest BCUT2D eigenvalue weighted by Crippen LogP contribution is -1.97. The predicted octanol–water partition coefficient (Wildman–Crippen LogP) is -0.561. The van der Waals surface area contributed by atoms with Crippen molar-refractivity contribution >= 4 is 29.5 Å². The maximum atomic E-state index is 10.6. The summed E-state index contributed by atoms with van der Waals surface area (Å²) in [6.07, 6.45) is 2.93. The minimum absolute atomic E-state index is 0. The van der Waals surface area contributed by atoms with Crippen molar-refractivity contribution in [1.29, 1.82) is 0 Å². The Morgan fingerprint density at radius 2 is 2.00 bits per heavy atom. The highest BCUT2D eigenvalue weighted by Gasteiger charge is 2.06. The van der Waals surface area contributed by atoms with E-state index < -0.39 is 5.97 Å². The molecule has 0 aliphatic rings. The fourth-order valence-corrected chi connectivity index (χ4v) is 1.13. The van der Waals surface area contributed by atoms with Crippen LogP contribution in [0.1, 0.15) is 10.4 Å². The molecule has 2 heterocycles. The number of hydrogen-bond acceptors (Lipinski definition) is 3. The quantitative estimate of drug-likeness (QED) is 0.725. The number of carboxylic acid groups (broad SMARTS) is 1. The Hall–Kier alpha value is -1.70. The first-order valence-electron chi connectivity index (χ1n) is 3.69. The largest absolute Gasteiger partial charge is 0.478 e. The van der Waals surface area contributed by atoms with Gasteiger partial charge in [0, 0.05) is 13.2 Å². The van der Waals surface area contributed by atoms with Crippen molar-refractivity contribution in [2.24, 2.45) is 7.05 Å². The van der Waals surface area contributed by atoms with E-state index in [1.807, 2.05) is 7.05 Å². The van der Waals surface area contributed by atoms with Crippen molar-refractivity contribution in [2.45, 2.75) is 0 Å². The van der Waals surface area contributed by atoms with Gasteiger partial charge in [0.05, 0.1) is 11.9 Å². The number of carbonyl (C=O) groups is 1. The molecule has 0 fully saturated rings. The van der Waals surface area contributed by atoms with E-state index in [1.165, 1.54) is 12.3 Å². The standard InChI is InChI=1S/C8H7N3O2.ClH.2H2O/c1-11-4-10-6-2-5(8(12)13)3-9-7(6)11;;;/h2-4H,1H3,(H,12,13);1H;2*1H2. The van der Waals surface area contributed by atoms with Gasteiger partial charge in [0.1, 0.15) is 5.52 Å². The number of imidazole rings is 1. The Balaban J connectivity index is 0. The van der Waals surface area contributed by atoms with Gasteiger partial charge in [0.2, 0.25) is 0 Å². The summed E-state index contributed by atoms with van der Waals surface area (Å²) in [5, 5.41) is 8.68. The monoisotopic (exact) mass is 249 g/mol. The normalized spacial score (nSPS) is 8.56. The molecule has 2 rings (SSSR count). The van der Waals surface area contributed by atoms with Gasteiger partial charge in [-0.3, -0.25) is 0 Å². The lowest BCUT2D eigenvalue weighted by atomic mass is 10.3. The molecule has 0 amide bonds. The van der Waals surface area contributed by atoms with Crippen LogP contribution in [-0.2, 0) is 7.05 Å². The molecule has 0 radical (unpaired) electrons. The summed E-state index contributed by atoms with van der Waals surface area (Å²) in [4.78, 5) is 18.6. The van der Waals surface area contributed by atoms with Crippen LogP contribution in [0.5, 0.6) is 0 Å². The number of hydrogen-bond donors (Lipinski definition) is 1. The third kappa shape index (κ3) is 2.66. The van der Waals surface area contributed by atoms with Crippen molar-refractivity contribution in [3.8, 4) is 0 Å². The van der Waals surface area contributed by atoms with Crippen LogP contribution in [-0.4, -0.2) is 36.6 Å². The molecule has 0 saturated heterocycles. The van der Waals surface area contributed by atoms with E-state index in [-0.39, 0.29) is 28.9 Å². The van der Waals surface area contributed by atoms with Crippen LogP contribution < -0.4 is 0 Å². The zero-order chi connectivity index (χ0) is 9.42. The second kappa shape index (κ2) is 6.01. The van der Waals surface area contributed by atoms with Crippen LogP contribution in [0.15, 0.2) is 18.6 Å². The number of fused-ring (bicyclic) bond motifs is 1. The van der Waals surface area contributed by atoms with Crippen LogP contribution in [0.3, 0.4) is 0 Å². The highest BCUT2D eigenvalue weighted by molar-refractivity contribution is 5.90. The van der Waals surface area contributed by atoms with E-state index in [4.69, 9.17) is 5.11 Å². The molecule has 2 aromatic heterocycles. The topological polar surface area (TPSA) is 131 Å². The maximum absolute atomic E-state index is 10.6. The zero-order valence-corrected chi connectivity index (χ0v) is 9.15. The highest BCUT2D eigenvalue weighted by Crippen LogP contribution is 2.10. The number of rotatable bonds is 1. The number of nitrogens with zero attached hydrogens (tertiary/aromatic N) is 3. The number of carboxylic acids is 1. The molecule has 2 aromatic rings. The van der Waals surface area contributed by atoms with E-state index in [0.717, 1.165) is 0 Å². The van der Waals surface area contributed by atoms with Crippen molar-refractivity contribution in [3.05, 3.63) is 24.2 Å². The number of aromatic nitrogens is 3. The average Bonchev–Trinajstić information content (AvgIpc) is 2.47. The molecule has 0 aliphatic carbocycles. The smallest absolute Gasteiger partial charge is 0.337 e.